The van der Waals surface area contributed by atoms with Crippen LogP contribution in [0.5, 0.6) is 0 Å². The summed E-state index contributed by atoms with van der Waals surface area (Å²) in [5.41, 5.74) is 0. The van der Waals surface area contributed by atoms with Crippen molar-refractivity contribution in [2.24, 2.45) is 5.92 Å². The van der Waals surface area contributed by atoms with Crippen molar-refractivity contribution in [3.05, 3.63) is 11.7 Å². The van der Waals surface area contributed by atoms with Crippen molar-refractivity contribution in [3.8, 4) is 0 Å². The molecule has 0 aromatic carbocycles. The SMILES string of the molecule is CN(Cc1noc(C2CCC2)n1)CC1CCC(=O)N(C)C1. The molecular formula is C15H24N4O2. The van der Waals surface area contributed by atoms with Gasteiger partial charge in [0.1, 0.15) is 0 Å². The Kier molecular flexibility index (Phi) is 4.24. The van der Waals surface area contributed by atoms with Crippen LogP contribution in [0, 0.1) is 5.92 Å². The molecular weight excluding hydrogens is 268 g/mol. The summed E-state index contributed by atoms with van der Waals surface area (Å²) in [5, 5.41) is 4.09. The summed E-state index contributed by atoms with van der Waals surface area (Å²) in [6.45, 7) is 2.53. The minimum atomic E-state index is 0.261. The van der Waals surface area contributed by atoms with E-state index in [2.05, 4.69) is 22.1 Å². The summed E-state index contributed by atoms with van der Waals surface area (Å²) in [6.07, 6.45) is 5.28. The Morgan fingerprint density at radius 2 is 2.19 bits per heavy atom. The van der Waals surface area contributed by atoms with Gasteiger partial charge in [-0.3, -0.25) is 9.69 Å². The maximum Gasteiger partial charge on any atom is 0.229 e. The van der Waals surface area contributed by atoms with Crippen LogP contribution in [0.2, 0.25) is 0 Å². The van der Waals surface area contributed by atoms with Gasteiger partial charge < -0.3 is 9.42 Å². The molecule has 116 valence electrons. The smallest absolute Gasteiger partial charge is 0.229 e. The lowest BCUT2D eigenvalue weighted by molar-refractivity contribution is -0.133. The Balaban J connectivity index is 1.48. The number of hydrogen-bond acceptors (Lipinski definition) is 5. The number of carbonyl (C=O) groups is 1. The molecule has 1 aliphatic carbocycles. The second kappa shape index (κ2) is 6.13. The Morgan fingerprint density at radius 3 is 2.86 bits per heavy atom. The van der Waals surface area contributed by atoms with Gasteiger partial charge in [0.25, 0.3) is 0 Å². The Bertz CT molecular complexity index is 498. The van der Waals surface area contributed by atoms with Gasteiger partial charge in [-0.25, -0.2) is 0 Å². The molecule has 1 atom stereocenters. The van der Waals surface area contributed by atoms with E-state index in [1.54, 1.807) is 0 Å². The highest BCUT2D eigenvalue weighted by molar-refractivity contribution is 5.76. The summed E-state index contributed by atoms with van der Waals surface area (Å²) in [7, 11) is 3.97. The van der Waals surface area contributed by atoms with E-state index in [0.29, 0.717) is 24.8 Å². The summed E-state index contributed by atoms with van der Waals surface area (Å²) >= 11 is 0. The van der Waals surface area contributed by atoms with E-state index in [-0.39, 0.29) is 5.91 Å². The van der Waals surface area contributed by atoms with Crippen LogP contribution in [0.25, 0.3) is 0 Å². The highest BCUT2D eigenvalue weighted by Gasteiger charge is 2.26. The lowest BCUT2D eigenvalue weighted by Gasteiger charge is -2.31. The second-order valence-corrected chi connectivity index (χ2v) is 6.55. The molecule has 2 heterocycles. The van der Waals surface area contributed by atoms with Gasteiger partial charge in [0.05, 0.1) is 6.54 Å². The third kappa shape index (κ3) is 3.43. The molecule has 1 unspecified atom stereocenters. The molecule has 0 spiro atoms. The normalized spacial score (nSPS) is 23.7. The Hall–Kier alpha value is -1.43. The van der Waals surface area contributed by atoms with Crippen LogP contribution in [0.1, 0.15) is 49.7 Å². The number of likely N-dealkylation sites (tertiary alicyclic amines) is 1. The van der Waals surface area contributed by atoms with Crippen molar-refractivity contribution in [2.75, 3.05) is 27.2 Å². The van der Waals surface area contributed by atoms with Gasteiger partial charge >= 0.3 is 0 Å². The summed E-state index contributed by atoms with van der Waals surface area (Å²) in [4.78, 5) is 20.1. The van der Waals surface area contributed by atoms with E-state index in [9.17, 15) is 4.79 Å². The second-order valence-electron chi connectivity index (χ2n) is 6.55. The molecule has 6 heteroatoms. The molecule has 1 aliphatic heterocycles. The topological polar surface area (TPSA) is 62.5 Å². The predicted molar refractivity (Wildman–Crippen MR) is 77.6 cm³/mol. The van der Waals surface area contributed by atoms with Crippen LogP contribution in [0.15, 0.2) is 4.52 Å². The van der Waals surface area contributed by atoms with Crippen LogP contribution in [-0.2, 0) is 11.3 Å². The van der Waals surface area contributed by atoms with Crippen molar-refractivity contribution in [2.45, 2.75) is 44.6 Å². The average molecular weight is 292 g/mol. The molecule has 0 N–H and O–H groups in total. The predicted octanol–water partition coefficient (Wildman–Crippen LogP) is 1.64. The van der Waals surface area contributed by atoms with Gasteiger partial charge in [-0.05, 0) is 32.2 Å². The third-order valence-electron chi connectivity index (χ3n) is 4.64. The molecule has 2 aliphatic rings. The van der Waals surface area contributed by atoms with Gasteiger partial charge in [-0.1, -0.05) is 11.6 Å². The number of aromatic nitrogens is 2. The van der Waals surface area contributed by atoms with E-state index in [1.165, 1.54) is 19.3 Å². The van der Waals surface area contributed by atoms with Gasteiger partial charge in [0, 0.05) is 32.5 Å². The van der Waals surface area contributed by atoms with Crippen molar-refractivity contribution >= 4 is 5.91 Å². The molecule has 1 aromatic heterocycles. The molecule has 3 rings (SSSR count). The van der Waals surface area contributed by atoms with Crippen molar-refractivity contribution < 1.29 is 9.32 Å². The van der Waals surface area contributed by atoms with E-state index >= 15 is 0 Å². The van der Waals surface area contributed by atoms with Crippen LogP contribution in [-0.4, -0.2) is 53.0 Å². The highest BCUT2D eigenvalue weighted by Crippen LogP contribution is 2.35. The molecule has 1 saturated heterocycles. The number of carbonyl (C=O) groups excluding carboxylic acids is 1. The zero-order chi connectivity index (χ0) is 14.8. The first-order valence-electron chi connectivity index (χ1n) is 7.87. The quantitative estimate of drug-likeness (QED) is 0.825. The van der Waals surface area contributed by atoms with Crippen molar-refractivity contribution in [1.82, 2.24) is 19.9 Å². The summed E-state index contributed by atoms with van der Waals surface area (Å²) in [6, 6.07) is 0. The molecule has 2 fully saturated rings. The fraction of sp³-hybridized carbons (Fsp3) is 0.800. The molecule has 21 heavy (non-hydrogen) atoms. The zero-order valence-electron chi connectivity index (χ0n) is 12.9. The third-order valence-corrected chi connectivity index (χ3v) is 4.64. The Morgan fingerprint density at radius 1 is 1.38 bits per heavy atom. The monoisotopic (exact) mass is 292 g/mol. The summed E-state index contributed by atoms with van der Waals surface area (Å²) in [5.74, 6) is 2.88. The summed E-state index contributed by atoms with van der Waals surface area (Å²) < 4.78 is 5.35. The fourth-order valence-electron chi connectivity index (χ4n) is 3.15. The lowest BCUT2D eigenvalue weighted by Crippen LogP contribution is -2.41. The minimum Gasteiger partial charge on any atom is -0.345 e. The maximum atomic E-state index is 11.5. The molecule has 1 saturated carbocycles. The van der Waals surface area contributed by atoms with Gasteiger partial charge in [0.15, 0.2) is 5.82 Å². The van der Waals surface area contributed by atoms with E-state index < -0.39 is 0 Å². The lowest BCUT2D eigenvalue weighted by atomic mass is 9.85. The fourth-order valence-corrected chi connectivity index (χ4v) is 3.15. The Labute approximate surface area is 125 Å². The first-order valence-corrected chi connectivity index (χ1v) is 7.87. The number of rotatable bonds is 5. The van der Waals surface area contributed by atoms with Crippen LogP contribution in [0.3, 0.4) is 0 Å². The van der Waals surface area contributed by atoms with Crippen LogP contribution >= 0.6 is 0 Å². The molecule has 0 bridgehead atoms. The highest BCUT2D eigenvalue weighted by atomic mass is 16.5. The molecule has 1 amide bonds. The average Bonchev–Trinajstić information content (AvgIpc) is 2.79. The minimum absolute atomic E-state index is 0.261. The number of amides is 1. The first-order chi connectivity index (χ1) is 10.1. The molecule has 1 aromatic rings. The maximum absolute atomic E-state index is 11.5. The van der Waals surface area contributed by atoms with Crippen LogP contribution in [0.4, 0.5) is 0 Å². The van der Waals surface area contributed by atoms with Crippen molar-refractivity contribution in [3.63, 3.8) is 0 Å². The van der Waals surface area contributed by atoms with Gasteiger partial charge in [-0.15, -0.1) is 0 Å². The number of hydrogen-bond donors (Lipinski definition) is 0. The van der Waals surface area contributed by atoms with E-state index in [4.69, 9.17) is 4.52 Å². The number of piperidine rings is 1. The molecule has 0 radical (unpaired) electrons. The first kappa shape index (κ1) is 14.5. The van der Waals surface area contributed by atoms with Gasteiger partial charge in [-0.2, -0.15) is 4.98 Å². The standard InChI is InChI=1S/C15H24N4O2/c1-18(8-11-6-7-14(20)19(2)9-11)10-13-16-15(21-17-13)12-4-3-5-12/h11-12H,3-10H2,1-2H3. The largest absolute Gasteiger partial charge is 0.345 e. The zero-order valence-corrected chi connectivity index (χ0v) is 12.9. The van der Waals surface area contributed by atoms with Gasteiger partial charge in [0.2, 0.25) is 11.8 Å². The number of nitrogens with zero attached hydrogens (tertiary/aromatic N) is 4. The molecule has 6 nitrogen and oxygen atoms in total. The van der Waals surface area contributed by atoms with E-state index in [1.807, 2.05) is 11.9 Å². The van der Waals surface area contributed by atoms with E-state index in [0.717, 1.165) is 31.2 Å². The van der Waals surface area contributed by atoms with Crippen molar-refractivity contribution in [1.29, 1.82) is 0 Å². The van der Waals surface area contributed by atoms with Crippen LogP contribution < -0.4 is 0 Å².